The predicted molar refractivity (Wildman–Crippen MR) is 89.2 cm³/mol. The largest absolute Gasteiger partial charge is 0.466 e. The van der Waals surface area contributed by atoms with Gasteiger partial charge in [0, 0.05) is 17.0 Å². The first-order valence-electron chi connectivity index (χ1n) is 7.77. The van der Waals surface area contributed by atoms with Crippen molar-refractivity contribution in [3.63, 3.8) is 0 Å². The van der Waals surface area contributed by atoms with Crippen LogP contribution in [0, 0.1) is 13.8 Å². The molecular weight excluding hydrogens is 308 g/mol. The van der Waals surface area contributed by atoms with E-state index in [0.29, 0.717) is 28.2 Å². The van der Waals surface area contributed by atoms with Crippen LogP contribution in [-0.4, -0.2) is 5.97 Å². The highest BCUT2D eigenvalue weighted by molar-refractivity contribution is 5.90. The van der Waals surface area contributed by atoms with E-state index in [2.05, 4.69) is 0 Å². The smallest absolute Gasteiger partial charge is 0.342 e. The molecule has 0 amide bonds. The van der Waals surface area contributed by atoms with E-state index in [0.717, 1.165) is 17.4 Å². The molecule has 0 unspecified atom stereocenters. The molecular formula is C19H18O5. The van der Waals surface area contributed by atoms with Gasteiger partial charge < -0.3 is 13.6 Å². The molecule has 0 saturated heterocycles. The first-order chi connectivity index (χ1) is 11.5. The molecule has 3 aromatic rings. The number of fused-ring (bicyclic) bond motifs is 1. The zero-order valence-corrected chi connectivity index (χ0v) is 13.8. The summed E-state index contributed by atoms with van der Waals surface area (Å²) in [6, 6.07) is 8.69. The number of carbonyl (C=O) groups excluding carboxylic acids is 1. The van der Waals surface area contributed by atoms with Gasteiger partial charge >= 0.3 is 11.6 Å². The summed E-state index contributed by atoms with van der Waals surface area (Å²) in [7, 11) is 0. The standard InChI is InChI=1S/C19H18O5/c1-4-13-5-6-15-14(9-18(20)24-17(15)8-13)10-22-19(21)16-7-11(2)23-12(16)3/h5-9H,4,10H2,1-3H3. The summed E-state index contributed by atoms with van der Waals surface area (Å²) in [5.41, 5.74) is 2.13. The van der Waals surface area contributed by atoms with E-state index in [9.17, 15) is 9.59 Å². The monoisotopic (exact) mass is 326 g/mol. The number of hydrogen-bond acceptors (Lipinski definition) is 5. The van der Waals surface area contributed by atoms with Crippen LogP contribution in [0.15, 0.2) is 44.0 Å². The molecule has 0 atom stereocenters. The SMILES string of the molecule is CCc1ccc2c(COC(=O)c3cc(C)oc3C)cc(=O)oc2c1. The van der Waals surface area contributed by atoms with Gasteiger partial charge in [-0.3, -0.25) is 0 Å². The number of carbonyl (C=O) groups is 1. The molecule has 1 aromatic carbocycles. The highest BCUT2D eigenvalue weighted by Gasteiger charge is 2.16. The predicted octanol–water partition coefficient (Wildman–Crippen LogP) is 3.92. The molecule has 0 bridgehead atoms. The molecule has 24 heavy (non-hydrogen) atoms. The first-order valence-corrected chi connectivity index (χ1v) is 7.77. The average molecular weight is 326 g/mol. The van der Waals surface area contributed by atoms with Crippen LogP contribution < -0.4 is 5.63 Å². The number of furan rings is 1. The molecule has 5 nitrogen and oxygen atoms in total. The maximum absolute atomic E-state index is 12.2. The van der Waals surface area contributed by atoms with Gasteiger partial charge in [0.1, 0.15) is 29.3 Å². The lowest BCUT2D eigenvalue weighted by Crippen LogP contribution is -2.08. The topological polar surface area (TPSA) is 69.7 Å². The quantitative estimate of drug-likeness (QED) is 0.537. The minimum absolute atomic E-state index is 0.00390. The summed E-state index contributed by atoms with van der Waals surface area (Å²) < 4.78 is 15.9. The van der Waals surface area contributed by atoms with Gasteiger partial charge in [-0.05, 0) is 38.0 Å². The van der Waals surface area contributed by atoms with Gasteiger partial charge in [0.25, 0.3) is 0 Å². The summed E-state index contributed by atoms with van der Waals surface area (Å²) >= 11 is 0. The third kappa shape index (κ3) is 3.11. The molecule has 0 aliphatic rings. The minimum atomic E-state index is -0.476. The van der Waals surface area contributed by atoms with Gasteiger partial charge in [-0.1, -0.05) is 19.1 Å². The number of hydrogen-bond donors (Lipinski definition) is 0. The van der Waals surface area contributed by atoms with Crippen molar-refractivity contribution >= 4 is 16.9 Å². The molecule has 0 saturated carbocycles. The van der Waals surface area contributed by atoms with Crippen molar-refractivity contribution in [2.24, 2.45) is 0 Å². The Hall–Kier alpha value is -2.82. The third-order valence-corrected chi connectivity index (χ3v) is 3.92. The first kappa shape index (κ1) is 16.1. The van der Waals surface area contributed by atoms with Crippen LogP contribution in [0.5, 0.6) is 0 Å². The lowest BCUT2D eigenvalue weighted by molar-refractivity contribution is 0.0472. The van der Waals surface area contributed by atoms with Crippen molar-refractivity contribution < 1.29 is 18.4 Å². The number of ether oxygens (including phenoxy) is 1. The van der Waals surface area contributed by atoms with Gasteiger partial charge in [-0.2, -0.15) is 0 Å². The van der Waals surface area contributed by atoms with Crippen molar-refractivity contribution in [2.75, 3.05) is 0 Å². The highest BCUT2D eigenvalue weighted by atomic mass is 16.5. The van der Waals surface area contributed by atoms with Crippen LogP contribution in [0.2, 0.25) is 0 Å². The minimum Gasteiger partial charge on any atom is -0.466 e. The molecule has 0 fully saturated rings. The van der Waals surface area contributed by atoms with Crippen molar-refractivity contribution in [3.8, 4) is 0 Å². The Morgan fingerprint density at radius 3 is 2.58 bits per heavy atom. The van der Waals surface area contributed by atoms with Crippen LogP contribution in [0.4, 0.5) is 0 Å². The van der Waals surface area contributed by atoms with Gasteiger partial charge in [0.05, 0.1) is 0 Å². The molecule has 0 N–H and O–H groups in total. The summed E-state index contributed by atoms with van der Waals surface area (Å²) in [5.74, 6) is 0.691. The second-order valence-electron chi connectivity index (χ2n) is 5.68. The normalized spacial score (nSPS) is 11.0. The molecule has 0 radical (unpaired) electrons. The lowest BCUT2D eigenvalue weighted by Gasteiger charge is -2.07. The van der Waals surface area contributed by atoms with Gasteiger partial charge in [0.15, 0.2) is 0 Å². The Morgan fingerprint density at radius 1 is 1.12 bits per heavy atom. The molecule has 0 spiro atoms. The third-order valence-electron chi connectivity index (χ3n) is 3.92. The van der Waals surface area contributed by atoms with E-state index >= 15 is 0 Å². The van der Waals surface area contributed by atoms with E-state index in [4.69, 9.17) is 13.6 Å². The summed E-state index contributed by atoms with van der Waals surface area (Å²) in [4.78, 5) is 23.9. The Balaban J connectivity index is 1.88. The number of rotatable bonds is 4. The molecule has 2 heterocycles. The Labute approximate surface area is 138 Å². The fourth-order valence-electron chi connectivity index (χ4n) is 2.67. The van der Waals surface area contributed by atoms with Gasteiger partial charge in [0.2, 0.25) is 0 Å². The zero-order chi connectivity index (χ0) is 17.3. The molecule has 124 valence electrons. The highest BCUT2D eigenvalue weighted by Crippen LogP contribution is 2.21. The fourth-order valence-corrected chi connectivity index (χ4v) is 2.67. The Kier molecular flexibility index (Phi) is 4.25. The van der Waals surface area contributed by atoms with Gasteiger partial charge in [-0.15, -0.1) is 0 Å². The molecule has 3 rings (SSSR count). The van der Waals surface area contributed by atoms with E-state index in [1.807, 2.05) is 25.1 Å². The van der Waals surface area contributed by atoms with E-state index in [1.165, 1.54) is 6.07 Å². The zero-order valence-electron chi connectivity index (χ0n) is 13.8. The molecule has 0 aliphatic carbocycles. The van der Waals surface area contributed by atoms with Crippen molar-refractivity contribution in [2.45, 2.75) is 33.8 Å². The van der Waals surface area contributed by atoms with Crippen molar-refractivity contribution in [3.05, 3.63) is 69.0 Å². The molecule has 0 aliphatic heterocycles. The number of benzene rings is 1. The van der Waals surface area contributed by atoms with E-state index < -0.39 is 11.6 Å². The lowest BCUT2D eigenvalue weighted by atomic mass is 10.1. The molecule has 5 heteroatoms. The van der Waals surface area contributed by atoms with Crippen LogP contribution >= 0.6 is 0 Å². The van der Waals surface area contributed by atoms with Crippen LogP contribution in [0.1, 0.15) is 39.9 Å². The van der Waals surface area contributed by atoms with Crippen molar-refractivity contribution in [1.82, 2.24) is 0 Å². The van der Waals surface area contributed by atoms with Crippen LogP contribution in [0.3, 0.4) is 0 Å². The Morgan fingerprint density at radius 2 is 1.92 bits per heavy atom. The van der Waals surface area contributed by atoms with E-state index in [-0.39, 0.29) is 6.61 Å². The average Bonchev–Trinajstić information content (AvgIpc) is 2.90. The number of esters is 1. The maximum atomic E-state index is 12.2. The van der Waals surface area contributed by atoms with Crippen LogP contribution in [0.25, 0.3) is 11.0 Å². The Bertz CT molecular complexity index is 962. The summed E-state index contributed by atoms with van der Waals surface area (Å²) in [5, 5.41) is 0.764. The fraction of sp³-hybridized carbons (Fsp3) is 0.263. The van der Waals surface area contributed by atoms with Crippen LogP contribution in [-0.2, 0) is 17.8 Å². The summed E-state index contributed by atoms with van der Waals surface area (Å²) in [6.45, 7) is 5.50. The maximum Gasteiger partial charge on any atom is 0.342 e. The van der Waals surface area contributed by atoms with Gasteiger partial charge in [-0.25, -0.2) is 9.59 Å². The molecule has 2 aromatic heterocycles. The van der Waals surface area contributed by atoms with Crippen molar-refractivity contribution in [1.29, 1.82) is 0 Å². The number of aryl methyl sites for hydroxylation is 3. The second kappa shape index (κ2) is 6.35. The van der Waals surface area contributed by atoms with E-state index in [1.54, 1.807) is 19.9 Å². The summed E-state index contributed by atoms with van der Waals surface area (Å²) in [6.07, 6.45) is 0.845. The second-order valence-corrected chi connectivity index (χ2v) is 5.68.